The van der Waals surface area contributed by atoms with Gasteiger partial charge in [0.05, 0.1) is 10.7 Å². The maximum atomic E-state index is 11.7. The van der Waals surface area contributed by atoms with E-state index in [0.717, 1.165) is 25.0 Å². The summed E-state index contributed by atoms with van der Waals surface area (Å²) in [5.74, 6) is -0.0515. The first kappa shape index (κ1) is 17.7. The van der Waals surface area contributed by atoms with Crippen LogP contribution in [0.5, 0.6) is 0 Å². The van der Waals surface area contributed by atoms with E-state index in [1.165, 1.54) is 12.1 Å². The molecule has 0 radical (unpaired) electrons. The van der Waals surface area contributed by atoms with E-state index in [4.69, 9.17) is 16.7 Å². The van der Waals surface area contributed by atoms with Crippen molar-refractivity contribution in [2.24, 2.45) is 0 Å². The van der Waals surface area contributed by atoms with E-state index < -0.39 is 12.0 Å². The summed E-state index contributed by atoms with van der Waals surface area (Å²) in [5.41, 5.74) is 0.0872. The third kappa shape index (κ3) is 6.27. The lowest BCUT2D eigenvalue weighted by Gasteiger charge is -2.10. The number of hydrogen-bond donors (Lipinski definition) is 3. The summed E-state index contributed by atoms with van der Waals surface area (Å²) in [4.78, 5) is 22.9. The van der Waals surface area contributed by atoms with Gasteiger partial charge in [0.25, 0.3) is 0 Å². The topological polar surface area (TPSA) is 78.4 Å². The van der Waals surface area contributed by atoms with Crippen LogP contribution >= 0.6 is 23.4 Å². The molecule has 5 nitrogen and oxygen atoms in total. The Morgan fingerprint density at radius 3 is 2.71 bits per heavy atom. The Bertz CT molecular complexity index is 497. The molecule has 0 aliphatic carbocycles. The van der Waals surface area contributed by atoms with Gasteiger partial charge in [0, 0.05) is 6.54 Å². The first-order valence-electron chi connectivity index (χ1n) is 6.62. The van der Waals surface area contributed by atoms with E-state index >= 15 is 0 Å². The van der Waals surface area contributed by atoms with Gasteiger partial charge in [0.2, 0.25) is 0 Å². The lowest BCUT2D eigenvalue weighted by molar-refractivity contribution is 0.0698. The fourth-order valence-electron chi connectivity index (χ4n) is 1.76. The summed E-state index contributed by atoms with van der Waals surface area (Å²) < 4.78 is 0. The van der Waals surface area contributed by atoms with Crippen molar-refractivity contribution in [3.63, 3.8) is 0 Å². The van der Waals surface area contributed by atoms with Gasteiger partial charge in [-0.15, -0.1) is 0 Å². The van der Waals surface area contributed by atoms with Crippen molar-refractivity contribution in [3.05, 3.63) is 28.8 Å². The van der Waals surface area contributed by atoms with Crippen molar-refractivity contribution in [3.8, 4) is 0 Å². The van der Waals surface area contributed by atoms with Crippen LogP contribution in [0.25, 0.3) is 0 Å². The third-order valence-corrected chi connectivity index (χ3v) is 3.80. The molecule has 0 heterocycles. The van der Waals surface area contributed by atoms with Gasteiger partial charge in [-0.25, -0.2) is 9.59 Å². The molecule has 0 aromatic heterocycles. The van der Waals surface area contributed by atoms with Gasteiger partial charge in [-0.2, -0.15) is 11.8 Å². The Hall–Kier alpha value is -1.40. The van der Waals surface area contributed by atoms with Gasteiger partial charge in [0.1, 0.15) is 5.56 Å². The average molecular weight is 331 g/mol. The van der Waals surface area contributed by atoms with Crippen LogP contribution in [0.3, 0.4) is 0 Å². The Balaban J connectivity index is 2.45. The number of carboxylic acid groups (broad SMARTS) is 1. The molecule has 1 rings (SSSR count). The van der Waals surface area contributed by atoms with E-state index in [1.54, 1.807) is 17.8 Å². The van der Waals surface area contributed by atoms with Gasteiger partial charge >= 0.3 is 12.0 Å². The van der Waals surface area contributed by atoms with Crippen LogP contribution in [-0.4, -0.2) is 35.7 Å². The number of amides is 2. The highest BCUT2D eigenvalue weighted by Gasteiger charge is 2.15. The molecule has 0 aliphatic rings. The minimum Gasteiger partial charge on any atom is -0.478 e. The zero-order valence-electron chi connectivity index (χ0n) is 11.8. The van der Waals surface area contributed by atoms with Gasteiger partial charge in [-0.3, -0.25) is 0 Å². The molecule has 3 N–H and O–H groups in total. The molecule has 0 saturated carbocycles. The quantitative estimate of drug-likeness (QED) is 0.635. The van der Waals surface area contributed by atoms with Crippen LogP contribution in [0.4, 0.5) is 10.5 Å². The molecule has 21 heavy (non-hydrogen) atoms. The van der Waals surface area contributed by atoms with Gasteiger partial charge in [-0.1, -0.05) is 24.1 Å². The van der Waals surface area contributed by atoms with Gasteiger partial charge < -0.3 is 15.7 Å². The highest BCUT2D eigenvalue weighted by atomic mass is 35.5. The zero-order valence-corrected chi connectivity index (χ0v) is 13.4. The van der Waals surface area contributed by atoms with Crippen LogP contribution in [0, 0.1) is 0 Å². The van der Waals surface area contributed by atoms with Crippen LogP contribution in [0.15, 0.2) is 18.2 Å². The summed E-state index contributed by atoms with van der Waals surface area (Å²) in [6.45, 7) is 0.559. The molecule has 1 aromatic rings. The summed E-state index contributed by atoms with van der Waals surface area (Å²) in [6.07, 6.45) is 5.15. The second kappa shape index (κ2) is 9.52. The standard InChI is InChI=1S/C14H19ClN2O3S/c1-21-9-4-2-3-8-16-14(20)17-11-7-5-6-10(15)12(11)13(18)19/h5-7H,2-4,8-9H2,1H3,(H,18,19)(H2,16,17,20). The van der Waals surface area contributed by atoms with Gasteiger partial charge in [0.15, 0.2) is 0 Å². The Morgan fingerprint density at radius 1 is 1.29 bits per heavy atom. The molecule has 0 aliphatic heterocycles. The molecule has 0 atom stereocenters. The Morgan fingerprint density at radius 2 is 2.05 bits per heavy atom. The molecule has 7 heteroatoms. The number of carbonyl (C=O) groups excluding carboxylic acids is 1. The Kier molecular flexibility index (Phi) is 8.00. The SMILES string of the molecule is CSCCCCCNC(=O)Nc1cccc(Cl)c1C(=O)O. The van der Waals surface area contributed by atoms with Crippen molar-refractivity contribution in [1.29, 1.82) is 0 Å². The number of unbranched alkanes of at least 4 members (excludes halogenated alkanes) is 2. The molecule has 116 valence electrons. The van der Waals surface area contributed by atoms with E-state index in [1.807, 2.05) is 0 Å². The van der Waals surface area contributed by atoms with Crippen molar-refractivity contribution in [2.45, 2.75) is 19.3 Å². The largest absolute Gasteiger partial charge is 0.478 e. The molecular weight excluding hydrogens is 312 g/mol. The maximum absolute atomic E-state index is 11.7. The number of rotatable bonds is 8. The minimum absolute atomic E-state index is 0.0948. The van der Waals surface area contributed by atoms with Crippen LogP contribution < -0.4 is 10.6 Å². The molecule has 2 amide bonds. The number of halogens is 1. The number of urea groups is 1. The molecule has 0 fully saturated rings. The van der Waals surface area contributed by atoms with Crippen molar-refractivity contribution < 1.29 is 14.7 Å². The number of carbonyl (C=O) groups is 2. The fourth-order valence-corrected chi connectivity index (χ4v) is 2.51. The normalized spacial score (nSPS) is 10.2. The van der Waals surface area contributed by atoms with E-state index in [2.05, 4.69) is 16.9 Å². The van der Waals surface area contributed by atoms with Crippen molar-refractivity contribution in [2.75, 3.05) is 23.9 Å². The number of carboxylic acids is 1. The number of benzene rings is 1. The summed E-state index contributed by atoms with van der Waals surface area (Å²) in [5, 5.41) is 14.4. The third-order valence-electron chi connectivity index (χ3n) is 2.79. The fraction of sp³-hybridized carbons (Fsp3) is 0.429. The molecule has 0 spiro atoms. The number of aromatic carboxylic acids is 1. The zero-order chi connectivity index (χ0) is 15.7. The lowest BCUT2D eigenvalue weighted by atomic mass is 10.2. The van der Waals surface area contributed by atoms with E-state index in [-0.39, 0.29) is 16.3 Å². The second-order valence-corrected chi connectivity index (χ2v) is 5.79. The summed E-state index contributed by atoms with van der Waals surface area (Å²) >= 11 is 7.63. The first-order chi connectivity index (χ1) is 10.1. The van der Waals surface area contributed by atoms with E-state index in [9.17, 15) is 9.59 Å². The Labute approximate surface area is 133 Å². The number of hydrogen-bond acceptors (Lipinski definition) is 3. The van der Waals surface area contributed by atoms with Crippen molar-refractivity contribution in [1.82, 2.24) is 5.32 Å². The lowest BCUT2D eigenvalue weighted by Crippen LogP contribution is -2.30. The predicted octanol–water partition coefficient (Wildman–Crippen LogP) is 3.69. The van der Waals surface area contributed by atoms with Crippen LogP contribution in [-0.2, 0) is 0 Å². The predicted molar refractivity (Wildman–Crippen MR) is 87.7 cm³/mol. The second-order valence-electron chi connectivity index (χ2n) is 4.40. The highest BCUT2D eigenvalue weighted by molar-refractivity contribution is 7.98. The molecule has 0 bridgehead atoms. The molecule has 0 unspecified atom stereocenters. The number of nitrogens with one attached hydrogen (secondary N) is 2. The van der Waals surface area contributed by atoms with Crippen LogP contribution in [0.2, 0.25) is 5.02 Å². The first-order valence-corrected chi connectivity index (χ1v) is 8.39. The minimum atomic E-state index is -1.17. The van der Waals surface area contributed by atoms with E-state index in [0.29, 0.717) is 6.54 Å². The van der Waals surface area contributed by atoms with Gasteiger partial charge in [-0.05, 0) is 37.0 Å². The monoisotopic (exact) mass is 330 g/mol. The van der Waals surface area contributed by atoms with Crippen LogP contribution in [0.1, 0.15) is 29.6 Å². The molecular formula is C14H19ClN2O3S. The smallest absolute Gasteiger partial charge is 0.339 e. The number of anilines is 1. The van der Waals surface area contributed by atoms with Crippen molar-refractivity contribution >= 4 is 41.1 Å². The highest BCUT2D eigenvalue weighted by Crippen LogP contribution is 2.24. The summed E-state index contributed by atoms with van der Waals surface area (Å²) in [6, 6.07) is 4.14. The molecule has 0 saturated heterocycles. The number of thioether (sulfide) groups is 1. The average Bonchev–Trinajstić information content (AvgIpc) is 2.42. The molecule has 1 aromatic carbocycles. The summed E-state index contributed by atoms with van der Waals surface area (Å²) in [7, 11) is 0. The maximum Gasteiger partial charge on any atom is 0.339 e.